The summed E-state index contributed by atoms with van der Waals surface area (Å²) >= 11 is 1.78. The minimum Gasteiger partial charge on any atom is -0.324 e. The fourth-order valence-corrected chi connectivity index (χ4v) is 6.12. The maximum atomic E-state index is 13.6. The number of nitrogens with one attached hydrogen (secondary N) is 1. The molecule has 1 saturated heterocycles. The van der Waals surface area contributed by atoms with Crippen molar-refractivity contribution in [2.24, 2.45) is 5.92 Å². The van der Waals surface area contributed by atoms with Gasteiger partial charge in [-0.15, -0.1) is 11.8 Å². The van der Waals surface area contributed by atoms with Gasteiger partial charge in [-0.1, -0.05) is 54.7 Å². The molecule has 2 aliphatic rings. The standard InChI is InChI=1S/C25H30N2O2S/c1-17-8-12-19(13-9-17)24(29)27-22(16-30-25(27)20-6-4-3-5-7-20)23(28)26-21-14-10-18(2)11-15-21/h8-15,20,22,25H,3-7,16H2,1-2H3,(H,26,28). The predicted molar refractivity (Wildman–Crippen MR) is 124 cm³/mol. The molecule has 0 aromatic heterocycles. The summed E-state index contributed by atoms with van der Waals surface area (Å²) in [5.74, 6) is 0.997. The fourth-order valence-electron chi connectivity index (χ4n) is 4.48. The number of carbonyl (C=O) groups is 2. The number of amides is 2. The lowest BCUT2D eigenvalue weighted by molar-refractivity contribution is -0.120. The van der Waals surface area contributed by atoms with Gasteiger partial charge in [0.05, 0.1) is 5.37 Å². The number of benzene rings is 2. The maximum Gasteiger partial charge on any atom is 0.255 e. The molecule has 2 aromatic carbocycles. The monoisotopic (exact) mass is 422 g/mol. The Morgan fingerprint density at radius 2 is 1.50 bits per heavy atom. The van der Waals surface area contributed by atoms with Gasteiger partial charge >= 0.3 is 0 Å². The molecular weight excluding hydrogens is 392 g/mol. The SMILES string of the molecule is Cc1ccc(NC(=O)C2CSC(C3CCCCC3)N2C(=O)c2ccc(C)cc2)cc1. The van der Waals surface area contributed by atoms with Gasteiger partial charge in [0, 0.05) is 17.0 Å². The Morgan fingerprint density at radius 3 is 2.13 bits per heavy atom. The van der Waals surface area contributed by atoms with Crippen LogP contribution in [-0.4, -0.2) is 33.9 Å². The van der Waals surface area contributed by atoms with Crippen molar-refractivity contribution in [3.05, 3.63) is 65.2 Å². The van der Waals surface area contributed by atoms with Gasteiger partial charge in [0.1, 0.15) is 6.04 Å². The van der Waals surface area contributed by atoms with Crippen LogP contribution in [-0.2, 0) is 4.79 Å². The normalized spacial score (nSPS) is 22.1. The largest absolute Gasteiger partial charge is 0.324 e. The first kappa shape index (κ1) is 21.0. The molecule has 1 aliphatic carbocycles. The highest BCUT2D eigenvalue weighted by Gasteiger charge is 2.45. The number of carbonyl (C=O) groups excluding carboxylic acids is 2. The van der Waals surface area contributed by atoms with E-state index >= 15 is 0 Å². The first-order valence-electron chi connectivity index (χ1n) is 10.9. The molecule has 2 fully saturated rings. The van der Waals surface area contributed by atoms with Gasteiger partial charge in [-0.3, -0.25) is 9.59 Å². The minimum atomic E-state index is -0.447. The number of thioether (sulfide) groups is 1. The molecule has 1 N–H and O–H groups in total. The Labute approximate surface area is 183 Å². The molecule has 1 heterocycles. The van der Waals surface area contributed by atoms with Crippen LogP contribution < -0.4 is 5.32 Å². The smallest absolute Gasteiger partial charge is 0.255 e. The van der Waals surface area contributed by atoms with E-state index in [0.717, 1.165) is 29.7 Å². The average Bonchev–Trinajstić information content (AvgIpc) is 3.21. The molecule has 30 heavy (non-hydrogen) atoms. The number of nitrogens with zero attached hydrogens (tertiary/aromatic N) is 1. The fraction of sp³-hybridized carbons (Fsp3) is 0.440. The average molecular weight is 423 g/mol. The number of aryl methyl sites for hydroxylation is 2. The van der Waals surface area contributed by atoms with Gasteiger partial charge < -0.3 is 10.2 Å². The highest BCUT2D eigenvalue weighted by atomic mass is 32.2. The number of hydrogen-bond acceptors (Lipinski definition) is 3. The zero-order valence-corrected chi connectivity index (χ0v) is 18.6. The number of rotatable bonds is 4. The molecule has 0 bridgehead atoms. The lowest BCUT2D eigenvalue weighted by Gasteiger charge is -2.35. The zero-order chi connectivity index (χ0) is 21.1. The van der Waals surface area contributed by atoms with Crippen molar-refractivity contribution in [3.8, 4) is 0 Å². The van der Waals surface area contributed by atoms with E-state index in [1.807, 2.05) is 67.3 Å². The van der Waals surface area contributed by atoms with Gasteiger partial charge in [-0.2, -0.15) is 0 Å². The van der Waals surface area contributed by atoms with Gasteiger partial charge in [0.2, 0.25) is 5.91 Å². The van der Waals surface area contributed by atoms with E-state index in [2.05, 4.69) is 5.32 Å². The Morgan fingerprint density at radius 1 is 0.900 bits per heavy atom. The lowest BCUT2D eigenvalue weighted by Crippen LogP contribution is -2.49. The van der Waals surface area contributed by atoms with Crippen LogP contribution in [0.15, 0.2) is 48.5 Å². The van der Waals surface area contributed by atoms with Crippen LogP contribution in [0.4, 0.5) is 5.69 Å². The number of hydrogen-bond donors (Lipinski definition) is 1. The molecule has 0 radical (unpaired) electrons. The van der Waals surface area contributed by atoms with Crippen molar-refractivity contribution < 1.29 is 9.59 Å². The van der Waals surface area contributed by atoms with Crippen molar-refractivity contribution in [1.29, 1.82) is 0 Å². The molecule has 0 spiro atoms. The summed E-state index contributed by atoms with van der Waals surface area (Å²) in [6.45, 7) is 4.04. The second-order valence-corrected chi connectivity index (χ2v) is 9.72. The first-order chi connectivity index (χ1) is 14.5. The van der Waals surface area contributed by atoms with Crippen LogP contribution in [0, 0.1) is 19.8 Å². The highest BCUT2D eigenvalue weighted by Crippen LogP contribution is 2.41. The molecule has 2 unspecified atom stereocenters. The molecule has 2 amide bonds. The van der Waals surface area contributed by atoms with Gasteiger partial charge in [0.15, 0.2) is 0 Å². The van der Waals surface area contributed by atoms with E-state index in [9.17, 15) is 9.59 Å². The second-order valence-electron chi connectivity index (χ2n) is 8.57. The van der Waals surface area contributed by atoms with E-state index in [4.69, 9.17) is 0 Å². The zero-order valence-electron chi connectivity index (χ0n) is 17.8. The van der Waals surface area contributed by atoms with E-state index < -0.39 is 6.04 Å². The summed E-state index contributed by atoms with van der Waals surface area (Å²) < 4.78 is 0. The topological polar surface area (TPSA) is 49.4 Å². The minimum absolute atomic E-state index is 0.0281. The highest BCUT2D eigenvalue weighted by molar-refractivity contribution is 8.00. The van der Waals surface area contributed by atoms with Crippen LogP contribution in [0.1, 0.15) is 53.6 Å². The van der Waals surface area contributed by atoms with E-state index in [0.29, 0.717) is 17.2 Å². The van der Waals surface area contributed by atoms with E-state index in [1.165, 1.54) is 19.3 Å². The van der Waals surface area contributed by atoms with Crippen LogP contribution >= 0.6 is 11.8 Å². The van der Waals surface area contributed by atoms with Crippen molar-refractivity contribution in [3.63, 3.8) is 0 Å². The quantitative estimate of drug-likeness (QED) is 0.717. The van der Waals surface area contributed by atoms with Crippen molar-refractivity contribution >= 4 is 29.3 Å². The summed E-state index contributed by atoms with van der Waals surface area (Å²) in [5.41, 5.74) is 3.72. The van der Waals surface area contributed by atoms with E-state index in [-0.39, 0.29) is 17.2 Å². The molecule has 1 aliphatic heterocycles. The van der Waals surface area contributed by atoms with Gasteiger partial charge in [0.25, 0.3) is 5.91 Å². The third kappa shape index (κ3) is 4.56. The Hall–Kier alpha value is -2.27. The molecular formula is C25H30N2O2S. The van der Waals surface area contributed by atoms with Crippen molar-refractivity contribution in [2.75, 3.05) is 11.1 Å². The van der Waals surface area contributed by atoms with Gasteiger partial charge in [-0.05, 0) is 56.9 Å². The Kier molecular flexibility index (Phi) is 6.47. The molecule has 2 atom stereocenters. The molecule has 2 aromatic rings. The first-order valence-corrected chi connectivity index (χ1v) is 12.0. The third-order valence-corrected chi connectivity index (χ3v) is 7.70. The molecule has 4 nitrogen and oxygen atoms in total. The second kappa shape index (κ2) is 9.25. The Balaban J connectivity index is 1.58. The summed E-state index contributed by atoms with van der Waals surface area (Å²) in [6.07, 6.45) is 5.99. The van der Waals surface area contributed by atoms with Crippen LogP contribution in [0.2, 0.25) is 0 Å². The van der Waals surface area contributed by atoms with Gasteiger partial charge in [-0.25, -0.2) is 0 Å². The lowest BCUT2D eigenvalue weighted by atomic mass is 9.88. The molecule has 158 valence electrons. The Bertz CT molecular complexity index is 888. The van der Waals surface area contributed by atoms with Crippen molar-refractivity contribution in [1.82, 2.24) is 4.90 Å². The number of anilines is 1. The molecule has 1 saturated carbocycles. The van der Waals surface area contributed by atoms with E-state index in [1.54, 1.807) is 11.8 Å². The summed E-state index contributed by atoms with van der Waals surface area (Å²) in [7, 11) is 0. The summed E-state index contributed by atoms with van der Waals surface area (Å²) in [6, 6.07) is 15.1. The molecule has 5 heteroatoms. The van der Waals surface area contributed by atoms with Crippen LogP contribution in [0.3, 0.4) is 0 Å². The summed E-state index contributed by atoms with van der Waals surface area (Å²) in [4.78, 5) is 28.6. The molecule has 4 rings (SSSR count). The van der Waals surface area contributed by atoms with Crippen LogP contribution in [0.25, 0.3) is 0 Å². The summed E-state index contributed by atoms with van der Waals surface area (Å²) in [5, 5.41) is 3.11. The third-order valence-electron chi connectivity index (χ3n) is 6.24. The van der Waals surface area contributed by atoms with Crippen LogP contribution in [0.5, 0.6) is 0 Å². The maximum absolute atomic E-state index is 13.6. The van der Waals surface area contributed by atoms with Crippen molar-refractivity contribution in [2.45, 2.75) is 57.4 Å². The predicted octanol–water partition coefficient (Wildman–Crippen LogP) is 5.41.